The lowest BCUT2D eigenvalue weighted by Crippen LogP contribution is -2.18. The molecule has 0 bridgehead atoms. The molecule has 0 unspecified atom stereocenters. The van der Waals surface area contributed by atoms with Crippen LogP contribution in [0.4, 0.5) is 0 Å². The fourth-order valence-corrected chi connectivity index (χ4v) is 0. The molecule has 0 nitrogen and oxygen atoms in total. The fraction of sp³-hybridized carbons (Fsp3) is 0.800. The molecule has 0 N–H and O–H groups in total. The summed E-state index contributed by atoms with van der Waals surface area (Å²) in [5.41, 5.74) is 0. The Balaban J connectivity index is 3.17. The van der Waals surface area contributed by atoms with Crippen molar-refractivity contribution in [3.05, 3.63) is 6.04 Å². The molecule has 0 aromatic carbocycles. The van der Waals surface area contributed by atoms with Crippen LogP contribution in [0.2, 0.25) is 19.6 Å². The lowest BCUT2D eigenvalue weighted by atomic mass is 11.0. The van der Waals surface area contributed by atoms with E-state index in [2.05, 4.69) is 25.7 Å². The van der Waals surface area contributed by atoms with Gasteiger partial charge in [-0.1, -0.05) is 26.6 Å². The van der Waals surface area contributed by atoms with E-state index in [1.165, 1.54) is 0 Å². The highest BCUT2D eigenvalue weighted by Crippen LogP contribution is 2.01. The summed E-state index contributed by atoms with van der Waals surface area (Å²) in [5.74, 6) is 0. The Bertz CT molecular complexity index is 33.7. The summed E-state index contributed by atoms with van der Waals surface area (Å²) in [4.78, 5) is 0. The molecule has 1 heteroatoms. The summed E-state index contributed by atoms with van der Waals surface area (Å²) < 4.78 is 0. The third kappa shape index (κ3) is 4.22. The Kier molecular flexibility index (Phi) is 1.85. The first-order valence-corrected chi connectivity index (χ1v) is 5.75. The molecule has 0 aromatic rings. The van der Waals surface area contributed by atoms with Crippen molar-refractivity contribution in [2.75, 3.05) is 0 Å². The predicted octanol–water partition coefficient (Wildman–Crippen LogP) is 1.96. The first-order valence-electron chi connectivity index (χ1n) is 2.25. The van der Waals surface area contributed by atoms with E-state index in [1.54, 1.807) is 0 Å². The van der Waals surface area contributed by atoms with Crippen molar-refractivity contribution in [1.29, 1.82) is 0 Å². The second-order valence-electron chi connectivity index (χ2n) is 2.50. The lowest BCUT2D eigenvalue weighted by molar-refractivity contribution is 1.55. The highest BCUT2D eigenvalue weighted by atomic mass is 28.3. The van der Waals surface area contributed by atoms with Crippen molar-refractivity contribution >= 4 is 8.07 Å². The zero-order valence-corrected chi connectivity index (χ0v) is 6.00. The van der Waals surface area contributed by atoms with Gasteiger partial charge in [-0.15, -0.1) is 0 Å². The van der Waals surface area contributed by atoms with Crippen LogP contribution in [0, 0.1) is 6.04 Å². The Morgan fingerprint density at radius 3 is 1.33 bits per heavy atom. The van der Waals surface area contributed by atoms with Gasteiger partial charge >= 0.3 is 0 Å². The molecule has 0 spiro atoms. The molecule has 0 aliphatic rings. The Morgan fingerprint density at radius 1 is 1.17 bits per heavy atom. The van der Waals surface area contributed by atoms with E-state index >= 15 is 0 Å². The molecule has 0 aromatic heterocycles. The van der Waals surface area contributed by atoms with E-state index in [1.807, 2.05) is 6.92 Å². The second kappa shape index (κ2) is 1.78. The molecule has 0 aliphatic carbocycles. The smallest absolute Gasteiger partial charge is 0.0508 e. The average molecular weight is 100 g/mol. The molecule has 0 atom stereocenters. The molecule has 0 saturated carbocycles. The van der Waals surface area contributed by atoms with Crippen LogP contribution in [0.1, 0.15) is 6.92 Å². The van der Waals surface area contributed by atoms with Gasteiger partial charge in [-0.3, -0.25) is 0 Å². The molecule has 0 fully saturated rings. The summed E-state index contributed by atoms with van der Waals surface area (Å²) in [6.07, 6.45) is 0. The van der Waals surface area contributed by atoms with Crippen LogP contribution in [0.3, 0.4) is 0 Å². The zero-order chi connectivity index (χ0) is 5.21. The van der Waals surface area contributed by atoms with E-state index in [9.17, 15) is 0 Å². The first-order chi connectivity index (χ1) is 2.56. The van der Waals surface area contributed by atoms with Gasteiger partial charge in [0.15, 0.2) is 0 Å². The molecule has 0 aliphatic heterocycles. The maximum atomic E-state index is 3.24. The highest BCUT2D eigenvalue weighted by molar-refractivity contribution is 6.79. The average Bonchev–Trinajstić information content (AvgIpc) is 1.35. The van der Waals surface area contributed by atoms with Gasteiger partial charge < -0.3 is 0 Å². The van der Waals surface area contributed by atoms with E-state index in [0.717, 1.165) is 0 Å². The Hall–Kier alpha value is 0.217. The van der Waals surface area contributed by atoms with Crippen LogP contribution in [-0.2, 0) is 0 Å². The summed E-state index contributed by atoms with van der Waals surface area (Å²) in [6.45, 7) is 8.83. The van der Waals surface area contributed by atoms with Gasteiger partial charge in [0, 0.05) is 0 Å². The largest absolute Gasteiger partial charge is 0.0691 e. The topological polar surface area (TPSA) is 0 Å². The van der Waals surface area contributed by atoms with Gasteiger partial charge in [-0.2, -0.15) is 0 Å². The summed E-state index contributed by atoms with van der Waals surface area (Å²) >= 11 is 0. The summed E-state index contributed by atoms with van der Waals surface area (Å²) in [5, 5.41) is 0. The third-order valence-electron chi connectivity index (χ3n) is 0.750. The lowest BCUT2D eigenvalue weighted by Gasteiger charge is -2.08. The van der Waals surface area contributed by atoms with Gasteiger partial charge in [0.1, 0.15) is 0 Å². The molecular formula is C5H12Si. The minimum Gasteiger partial charge on any atom is -0.0691 e. The van der Waals surface area contributed by atoms with Gasteiger partial charge in [0.05, 0.1) is 8.07 Å². The molecule has 36 valence electrons. The monoisotopic (exact) mass is 100 g/mol. The summed E-state index contributed by atoms with van der Waals surface area (Å²) in [7, 11) is -0.881. The van der Waals surface area contributed by atoms with E-state index < -0.39 is 8.07 Å². The maximum absolute atomic E-state index is 3.24. The van der Waals surface area contributed by atoms with E-state index in [4.69, 9.17) is 0 Å². The van der Waals surface area contributed by atoms with Crippen LogP contribution < -0.4 is 0 Å². The van der Waals surface area contributed by atoms with Crippen molar-refractivity contribution in [3.63, 3.8) is 0 Å². The van der Waals surface area contributed by atoms with Gasteiger partial charge in [0.2, 0.25) is 0 Å². The number of hydrogen-bond acceptors (Lipinski definition) is 0. The van der Waals surface area contributed by atoms with E-state index in [-0.39, 0.29) is 0 Å². The number of rotatable bonds is 1. The number of hydrogen-bond donors (Lipinski definition) is 0. The predicted molar refractivity (Wildman–Crippen MR) is 32.3 cm³/mol. The van der Waals surface area contributed by atoms with Crippen molar-refractivity contribution in [1.82, 2.24) is 0 Å². The Morgan fingerprint density at radius 2 is 1.33 bits per heavy atom. The second-order valence-corrected chi connectivity index (χ2v) is 7.50. The van der Waals surface area contributed by atoms with Crippen LogP contribution in [0.25, 0.3) is 0 Å². The molecule has 0 saturated heterocycles. The molecule has 0 amide bonds. The SMILES string of the molecule is C[C][Si](C)(C)C. The normalized spacial score (nSPS) is 12.0. The van der Waals surface area contributed by atoms with Gasteiger partial charge in [-0.05, 0) is 6.04 Å². The minimum absolute atomic E-state index is 0.881. The van der Waals surface area contributed by atoms with Crippen LogP contribution in [0.5, 0.6) is 0 Å². The first kappa shape index (κ1) is 6.22. The minimum atomic E-state index is -0.881. The van der Waals surface area contributed by atoms with Gasteiger partial charge in [0.25, 0.3) is 0 Å². The molecule has 2 radical (unpaired) electrons. The fourth-order valence-electron chi connectivity index (χ4n) is 0. The van der Waals surface area contributed by atoms with Crippen molar-refractivity contribution in [2.24, 2.45) is 0 Å². The summed E-state index contributed by atoms with van der Waals surface area (Å²) in [6, 6.07) is 3.24. The standard InChI is InChI=1S/C5H12Si/c1-5-6(2,3)4/h1-4H3. The molecular weight excluding hydrogens is 88.1 g/mol. The maximum Gasteiger partial charge on any atom is 0.0508 e. The van der Waals surface area contributed by atoms with Crippen LogP contribution in [0.15, 0.2) is 0 Å². The third-order valence-corrected chi connectivity index (χ3v) is 2.25. The zero-order valence-electron chi connectivity index (χ0n) is 5.00. The molecule has 6 heavy (non-hydrogen) atoms. The van der Waals surface area contributed by atoms with Gasteiger partial charge in [-0.25, -0.2) is 0 Å². The van der Waals surface area contributed by atoms with Crippen molar-refractivity contribution in [3.8, 4) is 0 Å². The quantitative estimate of drug-likeness (QED) is 0.442. The van der Waals surface area contributed by atoms with E-state index in [0.29, 0.717) is 0 Å². The van der Waals surface area contributed by atoms with Crippen molar-refractivity contribution < 1.29 is 0 Å². The van der Waals surface area contributed by atoms with Crippen LogP contribution >= 0.6 is 0 Å². The Labute approximate surface area is 41.6 Å². The highest BCUT2D eigenvalue weighted by Gasteiger charge is 2.07. The van der Waals surface area contributed by atoms with Crippen molar-refractivity contribution in [2.45, 2.75) is 26.6 Å². The molecule has 0 rings (SSSR count). The van der Waals surface area contributed by atoms with Crippen LogP contribution in [-0.4, -0.2) is 8.07 Å². The molecule has 0 heterocycles.